The maximum Gasteiger partial charge on any atom is 0.231 e. The quantitative estimate of drug-likeness (QED) is 0.633. The molecule has 0 saturated heterocycles. The SMILES string of the molecule is COc1ccc2cc(C(C)C(=O)Nc3cccc(SC)c3)ccc2c1. The van der Waals surface area contributed by atoms with Gasteiger partial charge in [0, 0.05) is 10.6 Å². The number of ether oxygens (including phenoxy) is 1. The van der Waals surface area contributed by atoms with Crippen molar-refractivity contribution in [3.8, 4) is 5.75 Å². The van der Waals surface area contributed by atoms with Crippen LogP contribution < -0.4 is 10.1 Å². The molecular formula is C21H21NO2S. The standard InChI is InChI=1S/C21H21NO2S/c1-14(21(23)22-18-5-4-6-20(13-18)25-3)15-7-8-17-12-19(24-2)10-9-16(17)11-15/h4-14H,1-3H3,(H,22,23). The van der Waals surface area contributed by atoms with Crippen LogP contribution in [0.1, 0.15) is 18.4 Å². The van der Waals surface area contributed by atoms with E-state index in [9.17, 15) is 4.79 Å². The van der Waals surface area contributed by atoms with Gasteiger partial charge in [0.1, 0.15) is 5.75 Å². The fraction of sp³-hybridized carbons (Fsp3) is 0.190. The van der Waals surface area contributed by atoms with E-state index in [1.54, 1.807) is 18.9 Å². The van der Waals surface area contributed by atoms with Gasteiger partial charge in [0.05, 0.1) is 13.0 Å². The first-order valence-electron chi connectivity index (χ1n) is 8.13. The largest absolute Gasteiger partial charge is 0.497 e. The number of carbonyl (C=O) groups excluding carboxylic acids is 1. The van der Waals surface area contributed by atoms with E-state index in [-0.39, 0.29) is 11.8 Å². The zero-order chi connectivity index (χ0) is 17.8. The summed E-state index contributed by atoms with van der Waals surface area (Å²) in [6.07, 6.45) is 2.02. The van der Waals surface area contributed by atoms with Crippen molar-refractivity contribution in [1.82, 2.24) is 0 Å². The second-order valence-corrected chi connectivity index (χ2v) is 6.80. The lowest BCUT2D eigenvalue weighted by Crippen LogP contribution is -2.18. The van der Waals surface area contributed by atoms with Crippen LogP contribution in [0.15, 0.2) is 65.6 Å². The van der Waals surface area contributed by atoms with E-state index in [1.807, 2.05) is 67.8 Å². The molecule has 4 heteroatoms. The van der Waals surface area contributed by atoms with Crippen LogP contribution in [-0.4, -0.2) is 19.3 Å². The van der Waals surface area contributed by atoms with Gasteiger partial charge in [-0.15, -0.1) is 11.8 Å². The number of fused-ring (bicyclic) bond motifs is 1. The van der Waals surface area contributed by atoms with E-state index in [2.05, 4.69) is 11.4 Å². The van der Waals surface area contributed by atoms with Crippen LogP contribution in [0, 0.1) is 0 Å². The topological polar surface area (TPSA) is 38.3 Å². The Morgan fingerprint density at radius 1 is 1.04 bits per heavy atom. The van der Waals surface area contributed by atoms with Crippen molar-refractivity contribution in [3.05, 3.63) is 66.2 Å². The Hall–Kier alpha value is -2.46. The second kappa shape index (κ2) is 7.62. The zero-order valence-corrected chi connectivity index (χ0v) is 15.4. The molecule has 3 rings (SSSR count). The van der Waals surface area contributed by atoms with E-state index < -0.39 is 0 Å². The predicted octanol–water partition coefficient (Wildman–Crippen LogP) is 5.31. The zero-order valence-electron chi connectivity index (χ0n) is 14.6. The highest BCUT2D eigenvalue weighted by molar-refractivity contribution is 7.98. The summed E-state index contributed by atoms with van der Waals surface area (Å²) in [6, 6.07) is 19.9. The van der Waals surface area contributed by atoms with Gasteiger partial charge in [-0.25, -0.2) is 0 Å². The molecule has 0 bridgehead atoms. The Bertz CT molecular complexity index is 907. The molecule has 0 aliphatic heterocycles. The van der Waals surface area contributed by atoms with Crippen LogP contribution in [0.3, 0.4) is 0 Å². The minimum Gasteiger partial charge on any atom is -0.497 e. The molecule has 3 nitrogen and oxygen atoms in total. The number of carbonyl (C=O) groups is 1. The maximum absolute atomic E-state index is 12.6. The molecule has 1 N–H and O–H groups in total. The highest BCUT2D eigenvalue weighted by Gasteiger charge is 2.16. The lowest BCUT2D eigenvalue weighted by Gasteiger charge is -2.14. The maximum atomic E-state index is 12.6. The number of hydrogen-bond acceptors (Lipinski definition) is 3. The molecule has 0 aliphatic rings. The van der Waals surface area contributed by atoms with Gasteiger partial charge in [-0.2, -0.15) is 0 Å². The summed E-state index contributed by atoms with van der Waals surface area (Å²) >= 11 is 1.66. The van der Waals surface area contributed by atoms with Crippen molar-refractivity contribution in [2.24, 2.45) is 0 Å². The molecule has 0 spiro atoms. The van der Waals surface area contributed by atoms with E-state index in [4.69, 9.17) is 4.74 Å². The number of hydrogen-bond donors (Lipinski definition) is 1. The molecule has 0 heterocycles. The van der Waals surface area contributed by atoms with Gasteiger partial charge in [-0.3, -0.25) is 4.79 Å². The van der Waals surface area contributed by atoms with Crippen molar-refractivity contribution in [2.75, 3.05) is 18.7 Å². The monoisotopic (exact) mass is 351 g/mol. The summed E-state index contributed by atoms with van der Waals surface area (Å²) in [5.74, 6) is 0.593. The van der Waals surface area contributed by atoms with Gasteiger partial charge >= 0.3 is 0 Å². The summed E-state index contributed by atoms with van der Waals surface area (Å²) in [5, 5.41) is 5.21. The molecule has 0 radical (unpaired) electrons. The summed E-state index contributed by atoms with van der Waals surface area (Å²) in [7, 11) is 1.66. The first kappa shape index (κ1) is 17.4. The van der Waals surface area contributed by atoms with Gasteiger partial charge < -0.3 is 10.1 Å². The first-order chi connectivity index (χ1) is 12.1. The normalized spacial score (nSPS) is 12.0. The number of nitrogens with one attached hydrogen (secondary N) is 1. The van der Waals surface area contributed by atoms with Crippen LogP contribution in [-0.2, 0) is 4.79 Å². The average molecular weight is 351 g/mol. The molecule has 0 saturated carbocycles. The van der Waals surface area contributed by atoms with Gasteiger partial charge in [0.2, 0.25) is 5.91 Å². The number of anilines is 1. The first-order valence-corrected chi connectivity index (χ1v) is 9.36. The summed E-state index contributed by atoms with van der Waals surface area (Å²) in [6.45, 7) is 1.93. The van der Waals surface area contributed by atoms with E-state index in [0.29, 0.717) is 0 Å². The number of thioether (sulfide) groups is 1. The molecule has 25 heavy (non-hydrogen) atoms. The number of benzene rings is 3. The minimum atomic E-state index is -0.232. The predicted molar refractivity (Wildman–Crippen MR) is 106 cm³/mol. The Balaban J connectivity index is 1.80. The molecule has 3 aromatic carbocycles. The van der Waals surface area contributed by atoms with Crippen molar-refractivity contribution in [1.29, 1.82) is 0 Å². The Morgan fingerprint density at radius 3 is 2.56 bits per heavy atom. The molecule has 1 amide bonds. The van der Waals surface area contributed by atoms with Gasteiger partial charge in [0.25, 0.3) is 0 Å². The third-order valence-corrected chi connectivity index (χ3v) is 5.03. The van der Waals surface area contributed by atoms with Gasteiger partial charge in [-0.1, -0.05) is 30.3 Å². The van der Waals surface area contributed by atoms with E-state index >= 15 is 0 Å². The summed E-state index contributed by atoms with van der Waals surface area (Å²) in [5.41, 5.74) is 1.82. The van der Waals surface area contributed by atoms with Gasteiger partial charge in [0.15, 0.2) is 0 Å². The van der Waals surface area contributed by atoms with Crippen molar-refractivity contribution in [2.45, 2.75) is 17.7 Å². The Labute approximate surface area is 152 Å². The number of rotatable bonds is 5. The van der Waals surface area contributed by atoms with Crippen LogP contribution >= 0.6 is 11.8 Å². The Morgan fingerprint density at radius 2 is 1.80 bits per heavy atom. The highest BCUT2D eigenvalue weighted by atomic mass is 32.2. The summed E-state index contributed by atoms with van der Waals surface area (Å²) in [4.78, 5) is 13.7. The van der Waals surface area contributed by atoms with Crippen molar-refractivity contribution in [3.63, 3.8) is 0 Å². The van der Waals surface area contributed by atoms with Crippen LogP contribution in [0.2, 0.25) is 0 Å². The minimum absolute atomic E-state index is 0.00823. The molecule has 0 aromatic heterocycles. The molecule has 0 aliphatic carbocycles. The summed E-state index contributed by atoms with van der Waals surface area (Å²) < 4.78 is 5.26. The average Bonchev–Trinajstić information content (AvgIpc) is 2.66. The molecule has 1 atom stereocenters. The fourth-order valence-corrected chi connectivity index (χ4v) is 3.20. The molecular weight excluding hydrogens is 330 g/mol. The lowest BCUT2D eigenvalue weighted by molar-refractivity contribution is -0.117. The second-order valence-electron chi connectivity index (χ2n) is 5.92. The number of amides is 1. The van der Waals surface area contributed by atoms with Crippen LogP contribution in [0.4, 0.5) is 5.69 Å². The highest BCUT2D eigenvalue weighted by Crippen LogP contribution is 2.26. The Kier molecular flexibility index (Phi) is 5.29. The molecule has 0 fully saturated rings. The third kappa shape index (κ3) is 3.97. The van der Waals surface area contributed by atoms with Gasteiger partial charge in [-0.05, 0) is 59.8 Å². The lowest BCUT2D eigenvalue weighted by atomic mass is 9.97. The van der Waals surface area contributed by atoms with Crippen LogP contribution in [0.5, 0.6) is 5.75 Å². The smallest absolute Gasteiger partial charge is 0.231 e. The van der Waals surface area contributed by atoms with Crippen molar-refractivity contribution < 1.29 is 9.53 Å². The number of methoxy groups -OCH3 is 1. The van der Waals surface area contributed by atoms with Crippen LogP contribution in [0.25, 0.3) is 10.8 Å². The molecule has 128 valence electrons. The molecule has 1 unspecified atom stereocenters. The van der Waals surface area contributed by atoms with E-state index in [1.165, 1.54) is 0 Å². The van der Waals surface area contributed by atoms with E-state index in [0.717, 1.165) is 32.7 Å². The third-order valence-electron chi connectivity index (χ3n) is 4.30. The van der Waals surface area contributed by atoms with Crippen molar-refractivity contribution >= 4 is 34.1 Å². The molecule has 3 aromatic rings. The fourth-order valence-electron chi connectivity index (χ4n) is 2.74.